The second kappa shape index (κ2) is 9.55. The molecule has 0 aliphatic rings. The standard InChI is InChI=1S/C19H21Cl2NO4/c1-4-24-16-7-12(8-17(25-5-2)18(16)26-6-3)19(23)22-15-10-13(20)9-14(21)11-15/h7-11H,4-6H2,1-3H3,(H,22,23). The van der Waals surface area contributed by atoms with E-state index in [-0.39, 0.29) is 5.91 Å². The third-order valence-electron chi connectivity index (χ3n) is 3.29. The average Bonchev–Trinajstić information content (AvgIpc) is 2.57. The highest BCUT2D eigenvalue weighted by molar-refractivity contribution is 6.35. The molecule has 0 fully saturated rings. The predicted octanol–water partition coefficient (Wildman–Crippen LogP) is 5.44. The molecule has 0 saturated carbocycles. The van der Waals surface area contributed by atoms with E-state index in [1.165, 1.54) is 0 Å². The summed E-state index contributed by atoms with van der Waals surface area (Å²) in [5.41, 5.74) is 0.869. The van der Waals surface area contributed by atoms with Gasteiger partial charge in [-0.15, -0.1) is 0 Å². The smallest absolute Gasteiger partial charge is 0.255 e. The van der Waals surface area contributed by atoms with Crippen molar-refractivity contribution < 1.29 is 19.0 Å². The number of halogens is 2. The molecule has 2 aromatic carbocycles. The van der Waals surface area contributed by atoms with Gasteiger partial charge >= 0.3 is 0 Å². The van der Waals surface area contributed by atoms with Crippen molar-refractivity contribution in [1.29, 1.82) is 0 Å². The first-order valence-corrected chi connectivity index (χ1v) is 9.07. The summed E-state index contributed by atoms with van der Waals surface area (Å²) in [6.45, 7) is 6.90. The van der Waals surface area contributed by atoms with Crippen LogP contribution in [0.2, 0.25) is 10.0 Å². The minimum atomic E-state index is -0.340. The van der Waals surface area contributed by atoms with Crippen LogP contribution in [-0.4, -0.2) is 25.7 Å². The third-order valence-corrected chi connectivity index (χ3v) is 3.73. The fourth-order valence-electron chi connectivity index (χ4n) is 2.35. The normalized spacial score (nSPS) is 10.3. The average molecular weight is 398 g/mol. The summed E-state index contributed by atoms with van der Waals surface area (Å²) in [6, 6.07) is 8.08. The Balaban J connectivity index is 2.38. The van der Waals surface area contributed by atoms with Crippen molar-refractivity contribution in [3.63, 3.8) is 0 Å². The molecule has 0 heterocycles. The van der Waals surface area contributed by atoms with Gasteiger partial charge in [0.05, 0.1) is 19.8 Å². The zero-order valence-corrected chi connectivity index (χ0v) is 16.4. The van der Waals surface area contributed by atoms with Crippen LogP contribution in [0.3, 0.4) is 0 Å². The van der Waals surface area contributed by atoms with E-state index < -0.39 is 0 Å². The Labute approximate surface area is 163 Å². The fourth-order valence-corrected chi connectivity index (χ4v) is 2.88. The van der Waals surface area contributed by atoms with Gasteiger partial charge in [-0.3, -0.25) is 4.79 Å². The van der Waals surface area contributed by atoms with Gasteiger partial charge in [0.2, 0.25) is 5.75 Å². The van der Waals surface area contributed by atoms with Crippen LogP contribution in [0.5, 0.6) is 17.2 Å². The molecule has 0 spiro atoms. The highest BCUT2D eigenvalue weighted by Gasteiger charge is 2.18. The first kappa shape index (κ1) is 20.2. The van der Waals surface area contributed by atoms with Crippen molar-refractivity contribution in [2.24, 2.45) is 0 Å². The van der Waals surface area contributed by atoms with Crippen LogP contribution in [0.25, 0.3) is 0 Å². The van der Waals surface area contributed by atoms with E-state index in [0.29, 0.717) is 58.4 Å². The summed E-state index contributed by atoms with van der Waals surface area (Å²) in [5, 5.41) is 3.64. The summed E-state index contributed by atoms with van der Waals surface area (Å²) < 4.78 is 16.9. The van der Waals surface area contributed by atoms with E-state index in [2.05, 4.69) is 5.32 Å². The highest BCUT2D eigenvalue weighted by atomic mass is 35.5. The molecule has 0 unspecified atom stereocenters. The van der Waals surface area contributed by atoms with Crippen LogP contribution in [0.4, 0.5) is 5.69 Å². The van der Waals surface area contributed by atoms with Gasteiger partial charge in [-0.05, 0) is 51.1 Å². The molecule has 5 nitrogen and oxygen atoms in total. The van der Waals surface area contributed by atoms with E-state index in [9.17, 15) is 4.79 Å². The van der Waals surface area contributed by atoms with E-state index in [1.54, 1.807) is 30.3 Å². The van der Waals surface area contributed by atoms with Crippen molar-refractivity contribution in [3.05, 3.63) is 45.9 Å². The van der Waals surface area contributed by atoms with E-state index >= 15 is 0 Å². The molecular weight excluding hydrogens is 377 g/mol. The number of amides is 1. The van der Waals surface area contributed by atoms with Crippen molar-refractivity contribution in [3.8, 4) is 17.2 Å². The molecule has 0 atom stereocenters. The molecule has 0 bridgehead atoms. The Morgan fingerprint density at radius 2 is 1.35 bits per heavy atom. The molecule has 140 valence electrons. The molecule has 0 radical (unpaired) electrons. The number of anilines is 1. The second-order valence-electron chi connectivity index (χ2n) is 5.21. The summed E-state index contributed by atoms with van der Waals surface area (Å²) in [5.74, 6) is 1.05. The lowest BCUT2D eigenvalue weighted by Crippen LogP contribution is -2.13. The first-order chi connectivity index (χ1) is 12.5. The summed E-state index contributed by atoms with van der Waals surface area (Å²) in [4.78, 5) is 12.7. The lowest BCUT2D eigenvalue weighted by Gasteiger charge is -2.17. The Morgan fingerprint density at radius 1 is 0.846 bits per heavy atom. The lowest BCUT2D eigenvalue weighted by atomic mass is 10.1. The number of rotatable bonds is 8. The predicted molar refractivity (Wildman–Crippen MR) is 104 cm³/mol. The number of benzene rings is 2. The molecule has 2 rings (SSSR count). The number of carbonyl (C=O) groups excluding carboxylic acids is 1. The van der Waals surface area contributed by atoms with Gasteiger partial charge in [0, 0.05) is 21.3 Å². The number of hydrogen-bond donors (Lipinski definition) is 1. The van der Waals surface area contributed by atoms with Gasteiger partial charge in [0.1, 0.15) is 0 Å². The minimum Gasteiger partial charge on any atom is -0.490 e. The van der Waals surface area contributed by atoms with E-state index in [1.807, 2.05) is 20.8 Å². The van der Waals surface area contributed by atoms with E-state index in [0.717, 1.165) is 0 Å². The van der Waals surface area contributed by atoms with Crippen molar-refractivity contribution >= 4 is 34.8 Å². The molecule has 0 aliphatic heterocycles. The van der Waals surface area contributed by atoms with Crippen LogP contribution < -0.4 is 19.5 Å². The molecule has 0 aromatic heterocycles. The maximum absolute atomic E-state index is 12.7. The zero-order valence-electron chi connectivity index (χ0n) is 14.9. The molecule has 1 amide bonds. The maximum atomic E-state index is 12.7. The molecule has 26 heavy (non-hydrogen) atoms. The molecule has 1 N–H and O–H groups in total. The summed E-state index contributed by atoms with van der Waals surface area (Å²) in [7, 11) is 0. The maximum Gasteiger partial charge on any atom is 0.255 e. The summed E-state index contributed by atoms with van der Waals surface area (Å²) in [6.07, 6.45) is 0. The van der Waals surface area contributed by atoms with Gasteiger partial charge in [-0.25, -0.2) is 0 Å². The molecule has 7 heteroatoms. The molecular formula is C19H21Cl2NO4. The Morgan fingerprint density at radius 3 is 1.81 bits per heavy atom. The minimum absolute atomic E-state index is 0.340. The number of carbonyl (C=O) groups is 1. The monoisotopic (exact) mass is 397 g/mol. The van der Waals surface area contributed by atoms with Crippen LogP contribution in [0.15, 0.2) is 30.3 Å². The molecule has 2 aromatic rings. The number of nitrogens with one attached hydrogen (secondary N) is 1. The quantitative estimate of drug-likeness (QED) is 0.643. The van der Waals surface area contributed by atoms with Gasteiger partial charge in [0.15, 0.2) is 11.5 Å². The van der Waals surface area contributed by atoms with Crippen molar-refractivity contribution in [1.82, 2.24) is 0 Å². The Hall–Kier alpha value is -2.11. The van der Waals surface area contributed by atoms with Gasteiger partial charge in [-0.2, -0.15) is 0 Å². The first-order valence-electron chi connectivity index (χ1n) is 8.32. The van der Waals surface area contributed by atoms with Crippen molar-refractivity contribution in [2.75, 3.05) is 25.1 Å². The molecule has 0 saturated heterocycles. The number of hydrogen-bond acceptors (Lipinski definition) is 4. The van der Waals surface area contributed by atoms with Crippen LogP contribution in [0.1, 0.15) is 31.1 Å². The second-order valence-corrected chi connectivity index (χ2v) is 6.09. The Bertz CT molecular complexity index is 733. The van der Waals surface area contributed by atoms with Gasteiger partial charge in [0.25, 0.3) is 5.91 Å². The largest absolute Gasteiger partial charge is 0.490 e. The topological polar surface area (TPSA) is 56.8 Å². The highest BCUT2D eigenvalue weighted by Crippen LogP contribution is 2.39. The summed E-state index contributed by atoms with van der Waals surface area (Å²) >= 11 is 12.0. The van der Waals surface area contributed by atoms with Crippen LogP contribution in [0, 0.1) is 0 Å². The van der Waals surface area contributed by atoms with Crippen LogP contribution >= 0.6 is 23.2 Å². The third kappa shape index (κ3) is 5.19. The van der Waals surface area contributed by atoms with Crippen LogP contribution in [-0.2, 0) is 0 Å². The van der Waals surface area contributed by atoms with Gasteiger partial charge in [-0.1, -0.05) is 23.2 Å². The molecule has 0 aliphatic carbocycles. The van der Waals surface area contributed by atoms with Crippen molar-refractivity contribution in [2.45, 2.75) is 20.8 Å². The SMILES string of the molecule is CCOc1cc(C(=O)Nc2cc(Cl)cc(Cl)c2)cc(OCC)c1OCC. The fraction of sp³-hybridized carbons (Fsp3) is 0.316. The Kier molecular flexibility index (Phi) is 7.42. The van der Waals surface area contributed by atoms with Gasteiger partial charge < -0.3 is 19.5 Å². The zero-order chi connectivity index (χ0) is 19.1. The van der Waals surface area contributed by atoms with E-state index in [4.69, 9.17) is 37.4 Å². The lowest BCUT2D eigenvalue weighted by molar-refractivity contribution is 0.102. The number of ether oxygens (including phenoxy) is 3.